The standard InChI is InChI=1S/C12H12ClN3/c1-9(10-5-4-8-15-12(10)13)16-11-6-2-3-7-14-11/h2-9H,1H3,(H,14,16). The van der Waals surface area contributed by atoms with Crippen molar-refractivity contribution >= 4 is 17.4 Å². The van der Waals surface area contributed by atoms with Gasteiger partial charge in [-0.25, -0.2) is 9.97 Å². The van der Waals surface area contributed by atoms with Crippen LogP contribution in [0, 0.1) is 0 Å². The van der Waals surface area contributed by atoms with Crippen molar-refractivity contribution in [3.63, 3.8) is 0 Å². The van der Waals surface area contributed by atoms with E-state index < -0.39 is 0 Å². The lowest BCUT2D eigenvalue weighted by Gasteiger charge is -2.15. The highest BCUT2D eigenvalue weighted by Gasteiger charge is 2.09. The number of nitrogens with zero attached hydrogens (tertiary/aromatic N) is 2. The maximum absolute atomic E-state index is 6.01. The first-order valence-electron chi connectivity index (χ1n) is 5.05. The number of rotatable bonds is 3. The number of pyridine rings is 2. The van der Waals surface area contributed by atoms with Gasteiger partial charge >= 0.3 is 0 Å². The summed E-state index contributed by atoms with van der Waals surface area (Å²) in [5, 5.41) is 3.79. The van der Waals surface area contributed by atoms with Gasteiger partial charge in [0.1, 0.15) is 11.0 Å². The van der Waals surface area contributed by atoms with E-state index >= 15 is 0 Å². The molecule has 82 valence electrons. The molecule has 1 N–H and O–H groups in total. The molecule has 1 atom stereocenters. The van der Waals surface area contributed by atoms with Gasteiger partial charge in [0, 0.05) is 18.0 Å². The van der Waals surface area contributed by atoms with E-state index in [1.54, 1.807) is 12.4 Å². The van der Waals surface area contributed by atoms with Crippen LogP contribution >= 0.6 is 11.6 Å². The molecule has 0 bridgehead atoms. The molecule has 2 heterocycles. The number of halogens is 1. The Morgan fingerprint density at radius 2 is 1.94 bits per heavy atom. The molecule has 0 aliphatic heterocycles. The fourth-order valence-corrected chi connectivity index (χ4v) is 1.75. The van der Waals surface area contributed by atoms with E-state index in [9.17, 15) is 0 Å². The summed E-state index contributed by atoms with van der Waals surface area (Å²) in [5.41, 5.74) is 0.967. The van der Waals surface area contributed by atoms with Crippen molar-refractivity contribution in [2.75, 3.05) is 5.32 Å². The highest BCUT2D eigenvalue weighted by Crippen LogP contribution is 2.22. The summed E-state index contributed by atoms with van der Waals surface area (Å²) < 4.78 is 0. The summed E-state index contributed by atoms with van der Waals surface area (Å²) in [4.78, 5) is 8.25. The van der Waals surface area contributed by atoms with Crippen molar-refractivity contribution in [1.29, 1.82) is 0 Å². The van der Waals surface area contributed by atoms with Gasteiger partial charge < -0.3 is 5.32 Å². The molecule has 0 aliphatic rings. The number of hydrogen-bond donors (Lipinski definition) is 1. The van der Waals surface area contributed by atoms with Crippen LogP contribution in [-0.4, -0.2) is 9.97 Å². The first-order valence-corrected chi connectivity index (χ1v) is 5.43. The Morgan fingerprint density at radius 1 is 1.12 bits per heavy atom. The average molecular weight is 234 g/mol. The van der Waals surface area contributed by atoms with Crippen molar-refractivity contribution in [1.82, 2.24) is 9.97 Å². The number of nitrogens with one attached hydrogen (secondary N) is 1. The molecule has 1 unspecified atom stereocenters. The molecule has 0 aromatic carbocycles. The van der Waals surface area contributed by atoms with E-state index in [0.717, 1.165) is 11.4 Å². The predicted octanol–water partition coefficient (Wildman–Crippen LogP) is 3.30. The zero-order valence-electron chi connectivity index (χ0n) is 8.89. The Morgan fingerprint density at radius 3 is 2.62 bits per heavy atom. The lowest BCUT2D eigenvalue weighted by atomic mass is 10.1. The maximum Gasteiger partial charge on any atom is 0.134 e. The zero-order valence-corrected chi connectivity index (χ0v) is 9.65. The van der Waals surface area contributed by atoms with Crippen molar-refractivity contribution in [2.45, 2.75) is 13.0 Å². The highest BCUT2D eigenvalue weighted by atomic mass is 35.5. The van der Waals surface area contributed by atoms with E-state index in [0.29, 0.717) is 5.15 Å². The van der Waals surface area contributed by atoms with Gasteiger partial charge in [0.2, 0.25) is 0 Å². The molecule has 0 fully saturated rings. The Hall–Kier alpha value is -1.61. The predicted molar refractivity (Wildman–Crippen MR) is 65.5 cm³/mol. The quantitative estimate of drug-likeness (QED) is 0.827. The van der Waals surface area contributed by atoms with Crippen LogP contribution in [0.1, 0.15) is 18.5 Å². The maximum atomic E-state index is 6.01. The average Bonchev–Trinajstić information content (AvgIpc) is 2.31. The first kappa shape index (κ1) is 10.9. The molecule has 0 spiro atoms. The van der Waals surface area contributed by atoms with Crippen molar-refractivity contribution in [3.8, 4) is 0 Å². The highest BCUT2D eigenvalue weighted by molar-refractivity contribution is 6.30. The van der Waals surface area contributed by atoms with Crippen molar-refractivity contribution < 1.29 is 0 Å². The monoisotopic (exact) mass is 233 g/mol. The minimum atomic E-state index is 0.0797. The molecule has 0 saturated heterocycles. The van der Waals surface area contributed by atoms with E-state index in [-0.39, 0.29) is 6.04 Å². The molecule has 2 aromatic heterocycles. The molecular weight excluding hydrogens is 222 g/mol. The van der Waals surface area contributed by atoms with Gasteiger partial charge in [-0.2, -0.15) is 0 Å². The molecule has 0 amide bonds. The molecular formula is C12H12ClN3. The van der Waals surface area contributed by atoms with Crippen molar-refractivity contribution in [3.05, 3.63) is 53.4 Å². The summed E-state index contributed by atoms with van der Waals surface area (Å²) >= 11 is 6.01. The second kappa shape index (κ2) is 4.94. The second-order valence-corrected chi connectivity index (χ2v) is 3.82. The Labute approximate surface area is 99.5 Å². The lowest BCUT2D eigenvalue weighted by molar-refractivity contribution is 0.867. The van der Waals surface area contributed by atoms with Crippen molar-refractivity contribution in [2.24, 2.45) is 0 Å². The molecule has 0 radical (unpaired) electrons. The summed E-state index contributed by atoms with van der Waals surface area (Å²) in [5.74, 6) is 0.829. The molecule has 16 heavy (non-hydrogen) atoms. The minimum Gasteiger partial charge on any atom is -0.363 e. The van der Waals surface area contributed by atoms with Crippen LogP contribution in [0.3, 0.4) is 0 Å². The second-order valence-electron chi connectivity index (χ2n) is 3.46. The van der Waals surface area contributed by atoms with Gasteiger partial charge in [0.05, 0.1) is 6.04 Å². The summed E-state index contributed by atoms with van der Waals surface area (Å²) in [7, 11) is 0. The van der Waals surface area contributed by atoms with Gasteiger partial charge in [-0.05, 0) is 25.1 Å². The third kappa shape index (κ3) is 2.49. The van der Waals surface area contributed by atoms with Crippen LogP contribution in [0.15, 0.2) is 42.7 Å². The van der Waals surface area contributed by atoms with E-state index in [2.05, 4.69) is 15.3 Å². The van der Waals surface area contributed by atoms with E-state index in [4.69, 9.17) is 11.6 Å². The third-order valence-electron chi connectivity index (χ3n) is 2.28. The van der Waals surface area contributed by atoms with Crippen LogP contribution in [0.4, 0.5) is 5.82 Å². The summed E-state index contributed by atoms with van der Waals surface area (Å²) in [6.45, 7) is 2.03. The lowest BCUT2D eigenvalue weighted by Crippen LogP contribution is -2.08. The molecule has 2 rings (SSSR count). The SMILES string of the molecule is CC(Nc1ccccn1)c1cccnc1Cl. The first-order chi connectivity index (χ1) is 7.77. The molecule has 0 saturated carbocycles. The van der Waals surface area contributed by atoms with Crippen LogP contribution in [0.2, 0.25) is 5.15 Å². The fourth-order valence-electron chi connectivity index (χ4n) is 1.47. The van der Waals surface area contributed by atoms with Gasteiger partial charge in [0.15, 0.2) is 0 Å². The Bertz CT molecular complexity index is 459. The normalized spacial score (nSPS) is 12.1. The number of hydrogen-bond acceptors (Lipinski definition) is 3. The minimum absolute atomic E-state index is 0.0797. The van der Waals surface area contributed by atoms with Gasteiger partial charge in [0.25, 0.3) is 0 Å². The third-order valence-corrected chi connectivity index (χ3v) is 2.60. The van der Waals surface area contributed by atoms with Gasteiger partial charge in [-0.3, -0.25) is 0 Å². The summed E-state index contributed by atoms with van der Waals surface area (Å²) in [6.07, 6.45) is 3.43. The Balaban J connectivity index is 2.15. The summed E-state index contributed by atoms with van der Waals surface area (Å²) in [6, 6.07) is 9.64. The van der Waals surface area contributed by atoms with Crippen LogP contribution < -0.4 is 5.32 Å². The molecule has 2 aromatic rings. The van der Waals surface area contributed by atoms with Crippen LogP contribution in [-0.2, 0) is 0 Å². The Kier molecular flexibility index (Phi) is 3.37. The van der Waals surface area contributed by atoms with Gasteiger partial charge in [-0.15, -0.1) is 0 Å². The topological polar surface area (TPSA) is 37.8 Å². The zero-order chi connectivity index (χ0) is 11.4. The smallest absolute Gasteiger partial charge is 0.134 e. The van der Waals surface area contributed by atoms with Gasteiger partial charge in [-0.1, -0.05) is 23.7 Å². The number of aromatic nitrogens is 2. The molecule has 4 heteroatoms. The number of anilines is 1. The van der Waals surface area contributed by atoms with Crippen LogP contribution in [0.25, 0.3) is 0 Å². The fraction of sp³-hybridized carbons (Fsp3) is 0.167. The largest absolute Gasteiger partial charge is 0.363 e. The molecule has 0 aliphatic carbocycles. The van der Waals surface area contributed by atoms with E-state index in [1.807, 2.05) is 37.3 Å². The van der Waals surface area contributed by atoms with E-state index in [1.165, 1.54) is 0 Å². The molecule has 3 nitrogen and oxygen atoms in total. The van der Waals surface area contributed by atoms with Crippen LogP contribution in [0.5, 0.6) is 0 Å².